The Morgan fingerprint density at radius 1 is 1.19 bits per heavy atom. The molecule has 0 radical (unpaired) electrons. The SMILES string of the molecule is COCCc1c(NC(=O)Nc2cc(Cl)c(-n3nccn3)nc2OC)cnc2sc(C)nc12. The molecule has 0 aliphatic rings. The van der Waals surface area contributed by atoms with Crippen molar-refractivity contribution in [1.82, 2.24) is 29.9 Å². The Hall–Kier alpha value is -3.35. The number of carbonyl (C=O) groups is 1. The molecule has 0 atom stereocenters. The van der Waals surface area contributed by atoms with Crippen LogP contribution in [0.3, 0.4) is 0 Å². The number of anilines is 2. The molecule has 4 rings (SSSR count). The van der Waals surface area contributed by atoms with Crippen LogP contribution < -0.4 is 15.4 Å². The Kier molecular flexibility index (Phi) is 6.44. The van der Waals surface area contributed by atoms with Gasteiger partial charge in [-0.25, -0.2) is 14.8 Å². The maximum absolute atomic E-state index is 12.8. The second kappa shape index (κ2) is 9.42. The van der Waals surface area contributed by atoms with Gasteiger partial charge in [-0.2, -0.15) is 15.2 Å². The number of hydrogen-bond donors (Lipinski definition) is 2. The number of aryl methyl sites for hydroxylation is 1. The third-order valence-corrected chi connectivity index (χ3v) is 5.57. The van der Waals surface area contributed by atoms with E-state index in [1.807, 2.05) is 6.92 Å². The average molecular weight is 475 g/mol. The van der Waals surface area contributed by atoms with Gasteiger partial charge in [0.05, 0.1) is 48.0 Å². The van der Waals surface area contributed by atoms with Crippen molar-refractivity contribution in [3.05, 3.63) is 40.3 Å². The molecule has 0 bridgehead atoms. The van der Waals surface area contributed by atoms with Gasteiger partial charge < -0.3 is 20.1 Å². The van der Waals surface area contributed by atoms with Gasteiger partial charge in [-0.05, 0) is 13.0 Å². The molecule has 4 aromatic rings. The van der Waals surface area contributed by atoms with Gasteiger partial charge in [0.15, 0.2) is 5.82 Å². The summed E-state index contributed by atoms with van der Waals surface area (Å²) in [7, 11) is 3.06. The topological polar surface area (TPSA) is 129 Å². The van der Waals surface area contributed by atoms with E-state index in [0.29, 0.717) is 18.7 Å². The highest BCUT2D eigenvalue weighted by Gasteiger charge is 2.18. The van der Waals surface area contributed by atoms with Gasteiger partial charge in [0, 0.05) is 19.1 Å². The van der Waals surface area contributed by atoms with Crippen LogP contribution in [0.1, 0.15) is 10.6 Å². The van der Waals surface area contributed by atoms with Crippen molar-refractivity contribution in [2.24, 2.45) is 0 Å². The van der Waals surface area contributed by atoms with Crippen molar-refractivity contribution in [2.75, 3.05) is 31.5 Å². The second-order valence-corrected chi connectivity index (χ2v) is 8.12. The summed E-state index contributed by atoms with van der Waals surface area (Å²) >= 11 is 7.82. The summed E-state index contributed by atoms with van der Waals surface area (Å²) in [6, 6.07) is 1.00. The highest BCUT2D eigenvalue weighted by atomic mass is 35.5. The van der Waals surface area contributed by atoms with Crippen LogP contribution in [0.4, 0.5) is 16.2 Å². The number of thiazole rings is 1. The van der Waals surface area contributed by atoms with Crippen molar-refractivity contribution in [2.45, 2.75) is 13.3 Å². The number of urea groups is 1. The Labute approximate surface area is 191 Å². The van der Waals surface area contributed by atoms with Crippen LogP contribution in [0.5, 0.6) is 5.88 Å². The number of methoxy groups -OCH3 is 2. The second-order valence-electron chi connectivity index (χ2n) is 6.53. The van der Waals surface area contributed by atoms with Crippen LogP contribution >= 0.6 is 22.9 Å². The Balaban J connectivity index is 1.60. The number of nitrogens with one attached hydrogen (secondary N) is 2. The van der Waals surface area contributed by atoms with E-state index in [9.17, 15) is 4.79 Å². The maximum Gasteiger partial charge on any atom is 0.323 e. The summed E-state index contributed by atoms with van der Waals surface area (Å²) in [6.45, 7) is 2.39. The number of carbonyl (C=O) groups excluding carboxylic acids is 1. The van der Waals surface area contributed by atoms with Crippen molar-refractivity contribution in [3.8, 4) is 11.7 Å². The minimum Gasteiger partial charge on any atom is -0.479 e. The van der Waals surface area contributed by atoms with Gasteiger partial charge in [-0.3, -0.25) is 0 Å². The molecule has 166 valence electrons. The third-order valence-electron chi connectivity index (χ3n) is 4.41. The lowest BCUT2D eigenvalue weighted by atomic mass is 10.1. The smallest absolute Gasteiger partial charge is 0.323 e. The first-order chi connectivity index (χ1) is 15.5. The Bertz CT molecular complexity index is 1260. The molecule has 2 amide bonds. The fraction of sp³-hybridized carbons (Fsp3) is 0.263. The van der Waals surface area contributed by atoms with E-state index in [4.69, 9.17) is 21.1 Å². The van der Waals surface area contributed by atoms with E-state index < -0.39 is 6.03 Å². The summed E-state index contributed by atoms with van der Waals surface area (Å²) in [4.78, 5) is 28.1. The summed E-state index contributed by atoms with van der Waals surface area (Å²) in [5.74, 6) is 0.426. The molecule has 0 aliphatic carbocycles. The standard InChI is InChI=1S/C19H19ClN8O3S/c1-10-24-15-11(4-7-30-2)14(9-21-18(15)32-10)26-19(29)25-13-8-12(20)16(27-17(13)31-3)28-22-5-6-23-28/h5-6,8-9H,4,7H2,1-3H3,(H2,25,26,29). The lowest BCUT2D eigenvalue weighted by molar-refractivity contribution is 0.202. The van der Waals surface area contributed by atoms with Crippen LogP contribution in [0.25, 0.3) is 16.2 Å². The highest BCUT2D eigenvalue weighted by molar-refractivity contribution is 7.18. The predicted octanol–water partition coefficient (Wildman–Crippen LogP) is 3.47. The number of halogens is 1. The van der Waals surface area contributed by atoms with Gasteiger partial charge in [-0.1, -0.05) is 22.9 Å². The number of nitrogens with zero attached hydrogens (tertiary/aromatic N) is 6. The summed E-state index contributed by atoms with van der Waals surface area (Å²) in [6.07, 6.45) is 5.18. The molecule has 2 N–H and O–H groups in total. The van der Waals surface area contributed by atoms with E-state index in [1.54, 1.807) is 13.3 Å². The molecule has 0 aliphatic heterocycles. The van der Waals surface area contributed by atoms with E-state index in [1.165, 1.54) is 41.7 Å². The molecule has 4 aromatic heterocycles. The zero-order valence-corrected chi connectivity index (χ0v) is 19.0. The van der Waals surface area contributed by atoms with E-state index >= 15 is 0 Å². The highest BCUT2D eigenvalue weighted by Crippen LogP contribution is 2.31. The van der Waals surface area contributed by atoms with Crippen LogP contribution in [0, 0.1) is 6.92 Å². The normalized spacial score (nSPS) is 11.0. The molecular formula is C19H19ClN8O3S. The molecule has 0 aromatic carbocycles. The fourth-order valence-corrected chi connectivity index (χ4v) is 4.06. The van der Waals surface area contributed by atoms with Gasteiger partial charge >= 0.3 is 6.03 Å². The number of aromatic nitrogens is 6. The number of hydrogen-bond acceptors (Lipinski definition) is 9. The monoisotopic (exact) mass is 474 g/mol. The van der Waals surface area contributed by atoms with E-state index in [-0.39, 0.29) is 22.4 Å². The fourth-order valence-electron chi connectivity index (χ4n) is 3.04. The molecule has 0 fully saturated rings. The number of rotatable bonds is 7. The maximum atomic E-state index is 12.8. The number of ether oxygens (including phenoxy) is 2. The third kappa shape index (κ3) is 4.47. The van der Waals surface area contributed by atoms with Crippen LogP contribution in [-0.4, -0.2) is 56.8 Å². The number of amides is 2. The quantitative estimate of drug-likeness (QED) is 0.416. The van der Waals surface area contributed by atoms with Crippen LogP contribution in [0.15, 0.2) is 24.7 Å². The molecule has 0 saturated heterocycles. The zero-order valence-electron chi connectivity index (χ0n) is 17.4. The molecular weight excluding hydrogens is 456 g/mol. The van der Waals surface area contributed by atoms with Crippen LogP contribution in [0.2, 0.25) is 5.02 Å². The summed E-state index contributed by atoms with van der Waals surface area (Å²) in [5.41, 5.74) is 2.41. The van der Waals surface area contributed by atoms with Gasteiger partial charge in [-0.15, -0.1) is 4.80 Å². The van der Waals surface area contributed by atoms with Crippen molar-refractivity contribution < 1.29 is 14.3 Å². The molecule has 0 saturated carbocycles. The van der Waals surface area contributed by atoms with Gasteiger partial charge in [0.1, 0.15) is 16.0 Å². The van der Waals surface area contributed by atoms with Crippen molar-refractivity contribution in [3.63, 3.8) is 0 Å². The first-order valence-corrected chi connectivity index (χ1v) is 10.6. The van der Waals surface area contributed by atoms with E-state index in [0.717, 1.165) is 20.9 Å². The number of fused-ring (bicyclic) bond motifs is 1. The molecule has 0 spiro atoms. The molecule has 11 nitrogen and oxygen atoms in total. The number of pyridine rings is 2. The lowest BCUT2D eigenvalue weighted by Crippen LogP contribution is -2.21. The predicted molar refractivity (Wildman–Crippen MR) is 121 cm³/mol. The first-order valence-electron chi connectivity index (χ1n) is 9.43. The summed E-state index contributed by atoms with van der Waals surface area (Å²) < 4.78 is 10.5. The largest absolute Gasteiger partial charge is 0.479 e. The molecule has 13 heteroatoms. The zero-order chi connectivity index (χ0) is 22.7. The van der Waals surface area contributed by atoms with E-state index in [2.05, 4.69) is 35.8 Å². The molecule has 4 heterocycles. The first kappa shape index (κ1) is 21.9. The van der Waals surface area contributed by atoms with Crippen molar-refractivity contribution in [1.29, 1.82) is 0 Å². The minimum absolute atomic E-state index is 0.153. The molecule has 0 unspecified atom stereocenters. The van der Waals surface area contributed by atoms with Gasteiger partial charge in [0.2, 0.25) is 5.88 Å². The molecule has 32 heavy (non-hydrogen) atoms. The Morgan fingerprint density at radius 2 is 1.94 bits per heavy atom. The summed E-state index contributed by atoms with van der Waals surface area (Å²) in [5, 5.41) is 14.7. The van der Waals surface area contributed by atoms with Gasteiger partial charge in [0.25, 0.3) is 0 Å². The lowest BCUT2D eigenvalue weighted by Gasteiger charge is -2.14. The van der Waals surface area contributed by atoms with Crippen molar-refractivity contribution >= 4 is 50.7 Å². The Morgan fingerprint density at radius 3 is 2.66 bits per heavy atom. The minimum atomic E-state index is -0.516. The average Bonchev–Trinajstić information content (AvgIpc) is 3.42. The van der Waals surface area contributed by atoms with Crippen LogP contribution in [-0.2, 0) is 11.2 Å².